The number of para-hydroxylation sites is 2. The minimum atomic E-state index is -3.82. The van der Waals surface area contributed by atoms with Gasteiger partial charge in [-0.1, -0.05) is 66.7 Å². The smallest absolute Gasteiger partial charge is 0.445 e. The van der Waals surface area contributed by atoms with Crippen molar-refractivity contribution in [1.29, 1.82) is 0 Å². The Morgan fingerprint density at radius 3 is 1.76 bits per heavy atom. The maximum atomic E-state index is 13.5. The molecule has 1 atom stereocenters. The second-order valence-corrected chi connectivity index (χ2v) is 8.45. The summed E-state index contributed by atoms with van der Waals surface area (Å²) in [4.78, 5) is 12.2. The molecule has 0 fully saturated rings. The molecule has 1 amide bonds. The van der Waals surface area contributed by atoms with E-state index >= 15 is 0 Å². The molecule has 0 aliphatic carbocycles. The standard InChI is InChI=1S/C22H22NO5P/c1-18(23-22(24)26-17-19-11-5-2-6-12-19)29(25,27-20-13-7-3-8-14-20)28-21-15-9-4-10-16-21/h2-16,18H,17H2,1H3,(H,23,24)/t18-/m0/s1. The number of rotatable bonds is 8. The Bertz CT molecular complexity index is 905. The molecule has 0 heterocycles. The van der Waals surface area contributed by atoms with Gasteiger partial charge in [-0.2, -0.15) is 0 Å². The normalized spacial score (nSPS) is 11.9. The molecule has 150 valence electrons. The first kappa shape index (κ1) is 20.5. The topological polar surface area (TPSA) is 73.9 Å². The number of nitrogens with one attached hydrogen (secondary N) is 1. The van der Waals surface area contributed by atoms with Gasteiger partial charge >= 0.3 is 13.7 Å². The van der Waals surface area contributed by atoms with Crippen LogP contribution in [-0.2, 0) is 15.9 Å². The molecular weight excluding hydrogens is 389 g/mol. The van der Waals surface area contributed by atoms with E-state index in [0.717, 1.165) is 5.56 Å². The Labute approximate surface area is 170 Å². The second kappa shape index (κ2) is 9.80. The van der Waals surface area contributed by atoms with Gasteiger partial charge < -0.3 is 19.1 Å². The lowest BCUT2D eigenvalue weighted by Crippen LogP contribution is -2.35. The van der Waals surface area contributed by atoms with Crippen LogP contribution >= 0.6 is 7.60 Å². The van der Waals surface area contributed by atoms with Crippen molar-refractivity contribution in [2.45, 2.75) is 19.3 Å². The van der Waals surface area contributed by atoms with Gasteiger partial charge in [-0.25, -0.2) is 9.36 Å². The van der Waals surface area contributed by atoms with Gasteiger partial charge in [0, 0.05) is 0 Å². The summed E-state index contributed by atoms with van der Waals surface area (Å²) in [5, 5.41) is 2.56. The van der Waals surface area contributed by atoms with E-state index in [9.17, 15) is 9.36 Å². The third kappa shape index (κ3) is 6.13. The summed E-state index contributed by atoms with van der Waals surface area (Å²) in [5.41, 5.74) is 0.847. The molecule has 0 aliphatic rings. The highest BCUT2D eigenvalue weighted by Crippen LogP contribution is 2.51. The van der Waals surface area contributed by atoms with Crippen LogP contribution < -0.4 is 14.4 Å². The third-order valence-corrected chi connectivity index (χ3v) is 5.97. The Kier molecular flexibility index (Phi) is 6.93. The lowest BCUT2D eigenvalue weighted by molar-refractivity contribution is 0.138. The number of amides is 1. The van der Waals surface area contributed by atoms with Gasteiger partial charge in [0.15, 0.2) is 5.78 Å². The van der Waals surface area contributed by atoms with Crippen molar-refractivity contribution in [3.63, 3.8) is 0 Å². The van der Waals surface area contributed by atoms with E-state index < -0.39 is 19.5 Å². The molecule has 3 aromatic carbocycles. The summed E-state index contributed by atoms with van der Waals surface area (Å²) < 4.78 is 30.1. The molecule has 3 rings (SSSR count). The van der Waals surface area contributed by atoms with Crippen molar-refractivity contribution < 1.29 is 23.1 Å². The average Bonchev–Trinajstić information content (AvgIpc) is 2.74. The van der Waals surface area contributed by atoms with Crippen molar-refractivity contribution in [3.05, 3.63) is 96.6 Å². The van der Waals surface area contributed by atoms with Gasteiger partial charge in [0.1, 0.15) is 18.1 Å². The number of hydrogen-bond acceptors (Lipinski definition) is 5. The summed E-state index contributed by atoms with van der Waals surface area (Å²) in [5.74, 6) is -0.206. The highest BCUT2D eigenvalue weighted by atomic mass is 31.2. The highest BCUT2D eigenvalue weighted by Gasteiger charge is 2.37. The predicted octanol–water partition coefficient (Wildman–Crippen LogP) is 5.61. The van der Waals surface area contributed by atoms with E-state index in [1.807, 2.05) is 42.5 Å². The molecular formula is C22H22NO5P. The summed E-state index contributed by atoms with van der Waals surface area (Å²) in [7, 11) is -3.82. The highest BCUT2D eigenvalue weighted by molar-refractivity contribution is 7.55. The largest absolute Gasteiger partial charge is 0.452 e. The van der Waals surface area contributed by atoms with Gasteiger partial charge in [-0.3, -0.25) is 0 Å². The lowest BCUT2D eigenvalue weighted by Gasteiger charge is -2.25. The fourth-order valence-corrected chi connectivity index (χ4v) is 3.90. The van der Waals surface area contributed by atoms with E-state index in [0.29, 0.717) is 11.5 Å². The van der Waals surface area contributed by atoms with Crippen LogP contribution in [0.25, 0.3) is 0 Å². The molecule has 7 heteroatoms. The molecule has 3 aromatic rings. The van der Waals surface area contributed by atoms with Crippen LogP contribution in [-0.4, -0.2) is 11.9 Å². The summed E-state index contributed by atoms with van der Waals surface area (Å²) in [6.07, 6.45) is -0.713. The predicted molar refractivity (Wildman–Crippen MR) is 111 cm³/mol. The Hall–Kier alpha value is -3.24. The first-order valence-electron chi connectivity index (χ1n) is 9.11. The van der Waals surface area contributed by atoms with Crippen LogP contribution in [0.1, 0.15) is 12.5 Å². The Morgan fingerprint density at radius 1 is 0.828 bits per heavy atom. The number of carbonyl (C=O) groups is 1. The molecule has 6 nitrogen and oxygen atoms in total. The molecule has 0 unspecified atom stereocenters. The quantitative estimate of drug-likeness (QED) is 0.488. The Balaban J connectivity index is 1.70. The van der Waals surface area contributed by atoms with Crippen LogP contribution in [0.15, 0.2) is 91.0 Å². The van der Waals surface area contributed by atoms with Crippen molar-refractivity contribution in [1.82, 2.24) is 5.32 Å². The van der Waals surface area contributed by atoms with Gasteiger partial charge in [0.25, 0.3) is 0 Å². The molecule has 0 radical (unpaired) electrons. The lowest BCUT2D eigenvalue weighted by atomic mass is 10.2. The van der Waals surface area contributed by atoms with Crippen LogP contribution in [0, 0.1) is 0 Å². The van der Waals surface area contributed by atoms with Crippen molar-refractivity contribution in [3.8, 4) is 11.5 Å². The zero-order valence-corrected chi connectivity index (χ0v) is 16.8. The van der Waals surface area contributed by atoms with E-state index in [-0.39, 0.29) is 6.61 Å². The number of benzene rings is 3. The van der Waals surface area contributed by atoms with E-state index in [2.05, 4.69) is 5.32 Å². The summed E-state index contributed by atoms with van der Waals surface area (Å²) in [6, 6.07) is 26.6. The number of carbonyl (C=O) groups excluding carboxylic acids is 1. The van der Waals surface area contributed by atoms with E-state index in [1.54, 1.807) is 55.5 Å². The van der Waals surface area contributed by atoms with Gasteiger partial charge in [0.2, 0.25) is 0 Å². The fourth-order valence-electron chi connectivity index (χ4n) is 2.45. The summed E-state index contributed by atoms with van der Waals surface area (Å²) in [6.45, 7) is 1.65. The van der Waals surface area contributed by atoms with Crippen molar-refractivity contribution in [2.75, 3.05) is 0 Å². The first-order chi connectivity index (χ1) is 14.0. The van der Waals surface area contributed by atoms with Gasteiger partial charge in [-0.05, 0) is 36.8 Å². The Morgan fingerprint density at radius 2 is 1.28 bits per heavy atom. The molecule has 0 saturated carbocycles. The van der Waals surface area contributed by atoms with Crippen molar-refractivity contribution >= 4 is 13.7 Å². The molecule has 0 aliphatic heterocycles. The van der Waals surface area contributed by atoms with E-state index in [1.165, 1.54) is 0 Å². The van der Waals surface area contributed by atoms with Crippen molar-refractivity contribution in [2.24, 2.45) is 0 Å². The number of ether oxygens (including phenoxy) is 1. The molecule has 29 heavy (non-hydrogen) atoms. The minimum absolute atomic E-state index is 0.1000. The number of hydrogen-bond donors (Lipinski definition) is 1. The fraction of sp³-hybridized carbons (Fsp3) is 0.136. The number of alkyl carbamates (subject to hydrolysis) is 1. The molecule has 0 aromatic heterocycles. The van der Waals surface area contributed by atoms with E-state index in [4.69, 9.17) is 13.8 Å². The molecule has 0 bridgehead atoms. The average molecular weight is 411 g/mol. The van der Waals surface area contributed by atoms with Gasteiger partial charge in [-0.15, -0.1) is 0 Å². The zero-order valence-electron chi connectivity index (χ0n) is 15.9. The van der Waals surface area contributed by atoms with Crippen LogP contribution in [0.3, 0.4) is 0 Å². The summed E-state index contributed by atoms with van der Waals surface area (Å²) >= 11 is 0. The van der Waals surface area contributed by atoms with Crippen LogP contribution in [0.5, 0.6) is 11.5 Å². The van der Waals surface area contributed by atoms with Gasteiger partial charge in [0.05, 0.1) is 0 Å². The molecule has 0 spiro atoms. The maximum Gasteiger partial charge on any atom is 0.452 e. The molecule has 1 N–H and O–H groups in total. The van der Waals surface area contributed by atoms with Crippen LogP contribution in [0.2, 0.25) is 0 Å². The third-order valence-electron chi connectivity index (χ3n) is 3.97. The first-order valence-corrected chi connectivity index (χ1v) is 10.7. The zero-order chi connectivity index (χ0) is 20.5. The van der Waals surface area contributed by atoms with Crippen LogP contribution in [0.4, 0.5) is 4.79 Å². The minimum Gasteiger partial charge on any atom is -0.445 e. The second-order valence-electron chi connectivity index (χ2n) is 6.23. The SMILES string of the molecule is C[C@@H](NC(=O)OCc1ccccc1)P(=O)(Oc1ccccc1)Oc1ccccc1. The molecule has 0 saturated heterocycles. The monoisotopic (exact) mass is 411 g/mol. The maximum absolute atomic E-state index is 13.5.